The Morgan fingerprint density at radius 3 is 2.64 bits per heavy atom. The van der Waals surface area contributed by atoms with Gasteiger partial charge >= 0.3 is 11.9 Å². The van der Waals surface area contributed by atoms with E-state index in [4.69, 9.17) is 23.7 Å². The molecule has 2 aromatic rings. The number of hydrogen-bond acceptors (Lipinski definition) is 8. The summed E-state index contributed by atoms with van der Waals surface area (Å²) in [6.45, 7) is 1.99. The van der Waals surface area contributed by atoms with Gasteiger partial charge in [-0.3, -0.25) is 14.5 Å². The lowest BCUT2D eigenvalue weighted by molar-refractivity contribution is -0.159. The fourth-order valence-electron chi connectivity index (χ4n) is 6.74. The molecule has 3 aliphatic heterocycles. The van der Waals surface area contributed by atoms with Gasteiger partial charge in [-0.05, 0) is 79.3 Å². The van der Waals surface area contributed by atoms with Crippen molar-refractivity contribution in [3.63, 3.8) is 0 Å². The van der Waals surface area contributed by atoms with E-state index in [9.17, 15) is 14.0 Å². The summed E-state index contributed by atoms with van der Waals surface area (Å²) in [5.74, 6) is -0.408. The van der Waals surface area contributed by atoms with Gasteiger partial charge < -0.3 is 23.7 Å². The smallest absolute Gasteiger partial charge is 0.310 e. The Hall–Kier alpha value is -3.59. The Morgan fingerprint density at radius 2 is 1.90 bits per heavy atom. The van der Waals surface area contributed by atoms with Crippen LogP contribution in [0.2, 0.25) is 0 Å². The van der Waals surface area contributed by atoms with Gasteiger partial charge in [0.05, 0.1) is 38.0 Å². The molecule has 1 spiro atoms. The van der Waals surface area contributed by atoms with Crippen molar-refractivity contribution in [3.05, 3.63) is 70.7 Å². The third-order valence-corrected chi connectivity index (χ3v) is 8.58. The van der Waals surface area contributed by atoms with Crippen LogP contribution in [0.4, 0.5) is 4.39 Å². The lowest BCUT2D eigenvalue weighted by Gasteiger charge is -2.39. The van der Waals surface area contributed by atoms with Crippen molar-refractivity contribution in [1.82, 2.24) is 4.90 Å². The van der Waals surface area contributed by atoms with Crippen LogP contribution in [0, 0.1) is 11.7 Å². The van der Waals surface area contributed by atoms with Crippen LogP contribution in [-0.4, -0.2) is 62.6 Å². The number of ether oxygens (including phenoxy) is 5. The van der Waals surface area contributed by atoms with Gasteiger partial charge in [0.1, 0.15) is 11.6 Å². The first-order chi connectivity index (χ1) is 18.9. The largest absolute Gasteiger partial charge is 0.497 e. The van der Waals surface area contributed by atoms with Crippen LogP contribution in [0.1, 0.15) is 41.9 Å². The molecule has 2 aromatic carbocycles. The first-order valence-corrected chi connectivity index (χ1v) is 13.4. The summed E-state index contributed by atoms with van der Waals surface area (Å²) in [7, 11) is 2.88. The maximum Gasteiger partial charge on any atom is 0.310 e. The Balaban J connectivity index is 1.36. The molecule has 0 unspecified atom stereocenters. The highest BCUT2D eigenvalue weighted by Gasteiger charge is 2.58. The third-order valence-electron chi connectivity index (χ3n) is 8.58. The Labute approximate surface area is 226 Å². The number of hydrogen-bond donors (Lipinski definition) is 0. The van der Waals surface area contributed by atoms with Gasteiger partial charge in [0.25, 0.3) is 0 Å². The number of methoxy groups -OCH3 is 2. The quantitative estimate of drug-likeness (QED) is 0.492. The normalized spacial score (nSPS) is 25.6. The van der Waals surface area contributed by atoms with Crippen molar-refractivity contribution >= 4 is 11.9 Å². The van der Waals surface area contributed by atoms with Gasteiger partial charge in [0, 0.05) is 6.54 Å². The van der Waals surface area contributed by atoms with E-state index in [1.54, 1.807) is 19.2 Å². The molecule has 3 heterocycles. The molecule has 0 bridgehead atoms. The zero-order valence-electron chi connectivity index (χ0n) is 22.1. The highest BCUT2D eigenvalue weighted by Crippen LogP contribution is 2.55. The van der Waals surface area contributed by atoms with Crippen LogP contribution < -0.4 is 9.47 Å². The zero-order chi connectivity index (χ0) is 27.1. The summed E-state index contributed by atoms with van der Waals surface area (Å²) < 4.78 is 41.9. The molecular formula is C30H32FNO7. The highest BCUT2D eigenvalue weighted by atomic mass is 19.1. The second-order valence-electron chi connectivity index (χ2n) is 10.6. The van der Waals surface area contributed by atoms with Crippen molar-refractivity contribution in [1.29, 1.82) is 0 Å². The SMILES string of the molecule is COC(=O)C[C@H](Cc1ccc(F)cc1)C(=O)O[C@@H]1C(OC)=C[C@]23CCCN2CCc2cc4c(cc2[C@H]13)OCO4. The number of nitrogens with zero attached hydrogens (tertiary/aromatic N) is 1. The van der Waals surface area contributed by atoms with Crippen LogP contribution in [0.15, 0.2) is 48.2 Å². The number of benzene rings is 2. The van der Waals surface area contributed by atoms with E-state index in [-0.39, 0.29) is 36.9 Å². The molecule has 6 rings (SSSR count). The molecule has 4 aliphatic rings. The van der Waals surface area contributed by atoms with Crippen molar-refractivity contribution in [2.24, 2.45) is 5.92 Å². The Morgan fingerprint density at radius 1 is 1.13 bits per heavy atom. The molecule has 1 saturated heterocycles. The number of halogens is 1. The molecule has 0 saturated carbocycles. The predicted octanol–water partition coefficient (Wildman–Crippen LogP) is 3.91. The minimum atomic E-state index is -0.806. The van der Waals surface area contributed by atoms with Gasteiger partial charge in [-0.2, -0.15) is 0 Å². The van der Waals surface area contributed by atoms with Gasteiger partial charge in [-0.15, -0.1) is 0 Å². The van der Waals surface area contributed by atoms with Gasteiger partial charge in [0.2, 0.25) is 6.79 Å². The Bertz CT molecular complexity index is 1310. The van der Waals surface area contributed by atoms with E-state index < -0.39 is 24.0 Å². The second kappa shape index (κ2) is 10.2. The summed E-state index contributed by atoms with van der Waals surface area (Å²) >= 11 is 0. The molecule has 9 heteroatoms. The lowest BCUT2D eigenvalue weighted by atomic mass is 9.77. The van der Waals surface area contributed by atoms with E-state index in [2.05, 4.69) is 11.0 Å². The first kappa shape index (κ1) is 25.7. The van der Waals surface area contributed by atoms with Crippen molar-refractivity contribution in [2.75, 3.05) is 34.1 Å². The standard InChI is InChI=1S/C30H32FNO7/c1-35-25-16-30-9-3-10-32(30)11-8-19-13-23-24(38-17-37-23)15-22(19)27(30)28(25)39-29(34)20(14-26(33)36-2)12-18-4-6-21(31)7-5-18/h4-7,13,15-16,20,27-28H,3,8-12,14,17H2,1-2H3/t20-,27+,28+,30-/m0/s1. The Kier molecular flexibility index (Phi) is 6.71. The van der Waals surface area contributed by atoms with E-state index >= 15 is 0 Å². The maximum absolute atomic E-state index is 13.8. The predicted molar refractivity (Wildman–Crippen MR) is 138 cm³/mol. The number of rotatable bonds is 7. The molecule has 0 aromatic heterocycles. The minimum absolute atomic E-state index is 0.150. The van der Waals surface area contributed by atoms with Crippen LogP contribution in [-0.2, 0) is 36.6 Å². The summed E-state index contributed by atoms with van der Waals surface area (Å²) in [5, 5.41) is 0. The molecular weight excluding hydrogens is 505 g/mol. The summed E-state index contributed by atoms with van der Waals surface area (Å²) in [5.41, 5.74) is 2.57. The molecule has 0 N–H and O–H groups in total. The molecule has 4 atom stereocenters. The first-order valence-electron chi connectivity index (χ1n) is 13.4. The van der Waals surface area contributed by atoms with Gasteiger partial charge in [-0.25, -0.2) is 4.39 Å². The molecule has 1 aliphatic carbocycles. The topological polar surface area (TPSA) is 83.5 Å². The summed E-state index contributed by atoms with van der Waals surface area (Å²) in [4.78, 5) is 28.5. The van der Waals surface area contributed by atoms with E-state index in [0.29, 0.717) is 11.5 Å². The highest BCUT2D eigenvalue weighted by molar-refractivity contribution is 5.80. The fraction of sp³-hybridized carbons (Fsp3) is 0.467. The number of carbonyl (C=O) groups is 2. The van der Waals surface area contributed by atoms with Crippen LogP contribution in [0.3, 0.4) is 0 Å². The average Bonchev–Trinajstić information content (AvgIpc) is 3.63. The molecule has 39 heavy (non-hydrogen) atoms. The monoisotopic (exact) mass is 537 g/mol. The minimum Gasteiger partial charge on any atom is -0.497 e. The van der Waals surface area contributed by atoms with Gasteiger partial charge in [0.15, 0.2) is 17.6 Å². The van der Waals surface area contributed by atoms with Crippen molar-refractivity contribution in [2.45, 2.75) is 49.7 Å². The summed E-state index contributed by atoms with van der Waals surface area (Å²) in [6, 6.07) is 9.97. The van der Waals surface area contributed by atoms with Crippen molar-refractivity contribution in [3.8, 4) is 11.5 Å². The zero-order valence-corrected chi connectivity index (χ0v) is 22.1. The number of carbonyl (C=O) groups excluding carboxylic acids is 2. The molecule has 1 fully saturated rings. The summed E-state index contributed by atoms with van der Waals surface area (Å²) in [6.07, 6.45) is 4.29. The van der Waals surface area contributed by atoms with Gasteiger partial charge in [-0.1, -0.05) is 12.1 Å². The van der Waals surface area contributed by atoms with E-state index in [1.165, 1.54) is 19.2 Å². The van der Waals surface area contributed by atoms with Crippen LogP contribution >= 0.6 is 0 Å². The molecule has 206 valence electrons. The maximum atomic E-state index is 13.8. The van der Waals surface area contributed by atoms with Crippen LogP contribution in [0.25, 0.3) is 0 Å². The van der Waals surface area contributed by atoms with Crippen molar-refractivity contribution < 1.29 is 37.7 Å². The van der Waals surface area contributed by atoms with Crippen LogP contribution in [0.5, 0.6) is 11.5 Å². The van der Waals surface area contributed by atoms with E-state index in [0.717, 1.165) is 54.8 Å². The lowest BCUT2D eigenvalue weighted by Crippen LogP contribution is -2.47. The molecule has 0 amide bonds. The van der Waals surface area contributed by atoms with E-state index in [1.807, 2.05) is 12.1 Å². The molecule has 0 radical (unpaired) electrons. The second-order valence-corrected chi connectivity index (χ2v) is 10.6. The fourth-order valence-corrected chi connectivity index (χ4v) is 6.74. The number of fused-ring (bicyclic) bond motifs is 3. The average molecular weight is 538 g/mol. The molecule has 8 nitrogen and oxygen atoms in total. The third kappa shape index (κ3) is 4.52. The number of esters is 2.